The third kappa shape index (κ3) is 12.3. The fraction of sp³-hybridized carbons (Fsp3) is 0.535. The molecule has 1 aliphatic carbocycles. The molecule has 0 amide bonds. The summed E-state index contributed by atoms with van der Waals surface area (Å²) < 4.78 is 66.5. The molecule has 1 aromatic rings. The number of benzene rings is 2. The lowest BCUT2D eigenvalue weighted by Gasteiger charge is -2.27. The number of carboxylic acids is 1. The van der Waals surface area contributed by atoms with E-state index in [0.29, 0.717) is 71.5 Å². The Morgan fingerprint density at radius 1 is 0.946 bits per heavy atom. The van der Waals surface area contributed by atoms with Gasteiger partial charge in [-0.15, -0.1) is 0 Å². The first-order valence-electron chi connectivity index (χ1n) is 19.4. The van der Waals surface area contributed by atoms with E-state index < -0.39 is 21.5 Å². The van der Waals surface area contributed by atoms with Crippen LogP contribution >= 0.6 is 0 Å². The smallest absolute Gasteiger partial charge is 0.303 e. The molecule has 0 aromatic heterocycles. The number of rotatable bonds is 22. The van der Waals surface area contributed by atoms with Gasteiger partial charge in [-0.25, -0.2) is 13.0 Å². The number of likely N-dealkylation sites (N-methyl/N-ethyl adjacent to an activating group) is 1. The lowest BCUT2D eigenvalue weighted by molar-refractivity contribution is -0.137. The number of hydrogen-bond acceptors (Lipinski definition) is 10. The summed E-state index contributed by atoms with van der Waals surface area (Å²) in [7, 11) is -3.00. The average Bonchev–Trinajstić information content (AvgIpc) is 3.35. The molecule has 0 spiro atoms. The Labute approximate surface area is 332 Å². The molecule has 0 bridgehead atoms. The van der Waals surface area contributed by atoms with Gasteiger partial charge in [0.05, 0.1) is 50.6 Å². The number of aliphatic carboxylic acids is 1. The van der Waals surface area contributed by atoms with E-state index in [1.165, 1.54) is 12.1 Å². The number of methoxy groups -OCH3 is 1. The fourth-order valence-corrected chi connectivity index (χ4v) is 7.43. The molecule has 0 saturated carbocycles. The SMILES string of the molecule is CC[N+](CCOCCOCCOCCOC)=c1ccc2c(C(C)(C)C)cc(/C=C/C=C3/N(CCCCCC(=O)O)c4ccc(S(=O)(=O)[O-])cc4C3(C)C)oc-2c1. The summed E-state index contributed by atoms with van der Waals surface area (Å²) in [5, 5.41) is 10.1. The highest BCUT2D eigenvalue weighted by molar-refractivity contribution is 7.85. The van der Waals surface area contributed by atoms with E-state index in [1.807, 2.05) is 32.1 Å². The molecule has 12 nitrogen and oxygen atoms in total. The normalized spacial score (nSPS) is 15.6. The number of fused-ring (bicyclic) bond motifs is 2. The zero-order chi connectivity index (χ0) is 40.9. The van der Waals surface area contributed by atoms with E-state index in [4.69, 9.17) is 28.5 Å². The van der Waals surface area contributed by atoms with Gasteiger partial charge in [-0.1, -0.05) is 47.1 Å². The van der Waals surface area contributed by atoms with Crippen LogP contribution in [0.2, 0.25) is 0 Å². The summed E-state index contributed by atoms with van der Waals surface area (Å²) in [6.45, 7) is 18.5. The van der Waals surface area contributed by atoms with Crippen LogP contribution in [0.25, 0.3) is 17.4 Å². The first kappa shape index (κ1) is 44.9. The van der Waals surface area contributed by atoms with Crippen molar-refractivity contribution in [1.82, 2.24) is 4.58 Å². The molecule has 13 heteroatoms. The van der Waals surface area contributed by atoms with E-state index in [-0.39, 0.29) is 16.7 Å². The number of ether oxygens (including phenoxy) is 4. The van der Waals surface area contributed by atoms with E-state index in [0.717, 1.165) is 58.6 Å². The summed E-state index contributed by atoms with van der Waals surface area (Å²) >= 11 is 0. The van der Waals surface area contributed by atoms with Gasteiger partial charge in [-0.2, -0.15) is 0 Å². The Morgan fingerprint density at radius 3 is 2.25 bits per heavy atom. The summed E-state index contributed by atoms with van der Waals surface area (Å²) in [4.78, 5) is 12.9. The quantitative estimate of drug-likeness (QED) is 0.0682. The van der Waals surface area contributed by atoms with Crippen LogP contribution in [0.1, 0.15) is 84.1 Å². The van der Waals surface area contributed by atoms with Crippen molar-refractivity contribution in [3.8, 4) is 11.3 Å². The van der Waals surface area contributed by atoms with Gasteiger partial charge < -0.3 is 37.9 Å². The largest absolute Gasteiger partial charge is 0.744 e. The molecule has 4 rings (SSSR count). The van der Waals surface area contributed by atoms with Crippen LogP contribution < -0.4 is 14.8 Å². The van der Waals surface area contributed by atoms with Crippen molar-refractivity contribution in [1.29, 1.82) is 0 Å². The van der Waals surface area contributed by atoms with Crippen molar-refractivity contribution in [2.75, 3.05) is 77.9 Å². The van der Waals surface area contributed by atoms with E-state index >= 15 is 0 Å². The lowest BCUT2D eigenvalue weighted by Crippen LogP contribution is -2.33. The molecule has 2 aliphatic heterocycles. The van der Waals surface area contributed by atoms with Gasteiger partial charge in [0, 0.05) is 48.5 Å². The van der Waals surface area contributed by atoms with Crippen molar-refractivity contribution in [3.05, 3.63) is 82.6 Å². The topological polar surface area (TPSA) is 151 Å². The Morgan fingerprint density at radius 2 is 1.62 bits per heavy atom. The van der Waals surface area contributed by atoms with Crippen LogP contribution in [0, 0.1) is 0 Å². The highest BCUT2D eigenvalue weighted by Crippen LogP contribution is 2.48. The van der Waals surface area contributed by atoms with Crippen molar-refractivity contribution in [2.24, 2.45) is 0 Å². The Balaban J connectivity index is 1.58. The average molecular weight is 797 g/mol. The standard InChI is InChI=1S/C43H60N2O10S/c1-8-44(21-22-52-25-26-54-28-27-53-24-23-51-7)32-16-18-35-36(42(2,3)4)30-33(55-39(35)29-32)13-12-14-40-43(5,6)37-31-34(56(48,49)50)17-19-38(37)45(40)20-11-9-10-15-41(46)47/h12-14,16-19,29-31H,8-11,15,20-28H2,1-7H3,(H-,46,47,48,49,50). The molecule has 0 unspecified atom stereocenters. The number of carbonyl (C=O) groups is 1. The number of carboxylic acid groups (broad SMARTS) is 1. The van der Waals surface area contributed by atoms with Gasteiger partial charge in [0.1, 0.15) is 34.8 Å². The molecule has 0 saturated heterocycles. The molecule has 0 fully saturated rings. The van der Waals surface area contributed by atoms with Crippen LogP contribution in [-0.2, 0) is 44.7 Å². The summed E-state index contributed by atoms with van der Waals surface area (Å²) in [5.41, 5.74) is 3.91. The van der Waals surface area contributed by atoms with Gasteiger partial charge in [0.15, 0.2) is 6.54 Å². The Hall–Kier alpha value is -3.85. The van der Waals surface area contributed by atoms with Crippen LogP contribution in [0.4, 0.5) is 5.69 Å². The summed E-state index contributed by atoms with van der Waals surface area (Å²) in [5.74, 6) is 0.632. The monoisotopic (exact) mass is 796 g/mol. The van der Waals surface area contributed by atoms with Gasteiger partial charge in [0.25, 0.3) is 0 Å². The van der Waals surface area contributed by atoms with Crippen LogP contribution in [0.5, 0.6) is 0 Å². The molecule has 56 heavy (non-hydrogen) atoms. The third-order valence-corrected chi connectivity index (χ3v) is 10.8. The van der Waals surface area contributed by atoms with E-state index in [9.17, 15) is 17.8 Å². The van der Waals surface area contributed by atoms with Gasteiger partial charge in [-0.05, 0) is 78.8 Å². The number of nitrogens with zero attached hydrogens (tertiary/aromatic N) is 2. The molecule has 1 aromatic carbocycles. The van der Waals surface area contributed by atoms with Crippen LogP contribution in [0.15, 0.2) is 69.6 Å². The predicted molar refractivity (Wildman–Crippen MR) is 217 cm³/mol. The second-order valence-electron chi connectivity index (χ2n) is 15.4. The second-order valence-corrected chi connectivity index (χ2v) is 16.8. The Bertz CT molecular complexity index is 1970. The van der Waals surface area contributed by atoms with Gasteiger partial charge in [-0.3, -0.25) is 4.79 Å². The van der Waals surface area contributed by atoms with Gasteiger partial charge >= 0.3 is 5.97 Å². The fourth-order valence-electron chi connectivity index (χ4n) is 6.93. The maximum absolute atomic E-state index is 12.0. The first-order chi connectivity index (χ1) is 26.6. The third-order valence-electron chi connectivity index (χ3n) is 9.94. The minimum Gasteiger partial charge on any atom is -0.744 e. The Kier molecular flexibility index (Phi) is 16.4. The van der Waals surface area contributed by atoms with Crippen molar-refractivity contribution in [2.45, 2.75) is 83.0 Å². The number of anilines is 1. The molecule has 3 aliphatic rings. The van der Waals surface area contributed by atoms with Crippen molar-refractivity contribution >= 4 is 27.9 Å². The van der Waals surface area contributed by atoms with Crippen LogP contribution in [-0.4, -0.2) is 97.0 Å². The highest BCUT2D eigenvalue weighted by atomic mass is 32.2. The first-order valence-corrected chi connectivity index (χ1v) is 20.9. The molecule has 0 radical (unpaired) electrons. The number of hydrogen-bond donors (Lipinski definition) is 1. The molecular weight excluding hydrogens is 737 g/mol. The molecule has 308 valence electrons. The molecule has 1 N–H and O–H groups in total. The zero-order valence-corrected chi connectivity index (χ0v) is 34.9. The van der Waals surface area contributed by atoms with E-state index in [1.54, 1.807) is 13.2 Å². The van der Waals surface area contributed by atoms with Crippen molar-refractivity contribution in [3.63, 3.8) is 0 Å². The summed E-state index contributed by atoms with van der Waals surface area (Å²) in [6.07, 6.45) is 8.04. The maximum atomic E-state index is 12.0. The zero-order valence-electron chi connectivity index (χ0n) is 34.1. The lowest BCUT2D eigenvalue weighted by atomic mass is 9.82. The molecule has 2 heterocycles. The maximum Gasteiger partial charge on any atom is 0.303 e. The second kappa shape index (κ2) is 20.5. The predicted octanol–water partition coefficient (Wildman–Crippen LogP) is 6.41. The molecule has 0 atom stereocenters. The number of allylic oxidation sites excluding steroid dienone is 3. The summed E-state index contributed by atoms with van der Waals surface area (Å²) in [6, 6.07) is 12.9. The highest BCUT2D eigenvalue weighted by Gasteiger charge is 2.40. The number of unbranched alkanes of at least 4 members (excludes halogenated alkanes) is 2. The molecular formula is C43H60N2O10S. The van der Waals surface area contributed by atoms with E-state index in [2.05, 4.69) is 61.4 Å². The minimum atomic E-state index is -4.64. The van der Waals surface area contributed by atoms with Crippen molar-refractivity contribution < 1.29 is 46.2 Å². The van der Waals surface area contributed by atoms with Gasteiger partial charge in [0.2, 0.25) is 5.36 Å². The van der Waals surface area contributed by atoms with Crippen LogP contribution in [0.3, 0.4) is 0 Å². The minimum absolute atomic E-state index is 0.111.